The molecule has 1 atom stereocenters. The lowest BCUT2D eigenvalue weighted by atomic mass is 9.87. The summed E-state index contributed by atoms with van der Waals surface area (Å²) in [5.41, 5.74) is 8.23. The highest BCUT2D eigenvalue weighted by Gasteiger charge is 2.19. The highest BCUT2D eigenvalue weighted by Crippen LogP contribution is 2.29. The molecule has 0 aliphatic heterocycles. The van der Waals surface area contributed by atoms with Gasteiger partial charge in [-0.15, -0.1) is 11.8 Å². The van der Waals surface area contributed by atoms with Crippen LogP contribution in [0.25, 0.3) is 0 Å². The van der Waals surface area contributed by atoms with Gasteiger partial charge in [-0.25, -0.2) is 9.97 Å². The summed E-state index contributed by atoms with van der Waals surface area (Å²) >= 11 is 7.84. The second-order valence-electron chi connectivity index (χ2n) is 5.32. The van der Waals surface area contributed by atoms with E-state index >= 15 is 0 Å². The monoisotopic (exact) mass is 319 g/mol. The molecule has 0 spiro atoms. The van der Waals surface area contributed by atoms with E-state index in [1.807, 2.05) is 30.5 Å². The molecule has 1 unspecified atom stereocenters. The van der Waals surface area contributed by atoms with Gasteiger partial charge >= 0.3 is 0 Å². The fraction of sp³-hybridized carbons (Fsp3) is 0.375. The van der Waals surface area contributed by atoms with Crippen LogP contribution in [-0.2, 0) is 18.6 Å². The van der Waals surface area contributed by atoms with Crippen molar-refractivity contribution in [1.82, 2.24) is 9.97 Å². The van der Waals surface area contributed by atoms with E-state index in [4.69, 9.17) is 22.3 Å². The largest absolute Gasteiger partial charge is 0.330 e. The Bertz CT molecular complexity index is 633. The second-order valence-corrected chi connectivity index (χ2v) is 6.75. The molecule has 0 saturated carbocycles. The standard InChI is InChI=1S/C16H18ClN3S/c17-13-3-1-2-4-15(13)21-10-16-19-9-12-7-11(8-18)5-6-14(12)20-16/h1-4,9,11H,5-8,10,18H2. The minimum Gasteiger partial charge on any atom is -0.330 e. The number of benzene rings is 1. The number of aryl methyl sites for hydroxylation is 1. The van der Waals surface area contributed by atoms with E-state index < -0.39 is 0 Å². The molecule has 0 bridgehead atoms. The predicted molar refractivity (Wildman–Crippen MR) is 87.6 cm³/mol. The molecule has 0 radical (unpaired) electrons. The van der Waals surface area contributed by atoms with Crippen LogP contribution in [0.5, 0.6) is 0 Å². The van der Waals surface area contributed by atoms with Gasteiger partial charge in [-0.1, -0.05) is 23.7 Å². The molecule has 3 rings (SSSR count). The number of rotatable bonds is 4. The third-order valence-corrected chi connectivity index (χ3v) is 5.34. The van der Waals surface area contributed by atoms with Crippen LogP contribution in [-0.4, -0.2) is 16.5 Å². The van der Waals surface area contributed by atoms with Crippen molar-refractivity contribution in [1.29, 1.82) is 0 Å². The summed E-state index contributed by atoms with van der Waals surface area (Å²) in [6.45, 7) is 0.754. The number of hydrogen-bond acceptors (Lipinski definition) is 4. The average Bonchev–Trinajstić information content (AvgIpc) is 2.53. The lowest BCUT2D eigenvalue weighted by Gasteiger charge is -2.22. The minimum atomic E-state index is 0.587. The highest BCUT2D eigenvalue weighted by molar-refractivity contribution is 7.98. The first-order valence-electron chi connectivity index (χ1n) is 7.17. The summed E-state index contributed by atoms with van der Waals surface area (Å²) in [4.78, 5) is 10.3. The van der Waals surface area contributed by atoms with Crippen LogP contribution in [0.2, 0.25) is 5.02 Å². The summed E-state index contributed by atoms with van der Waals surface area (Å²) in [5, 5.41) is 0.784. The van der Waals surface area contributed by atoms with Gasteiger partial charge in [0.1, 0.15) is 5.82 Å². The number of aromatic nitrogens is 2. The lowest BCUT2D eigenvalue weighted by Crippen LogP contribution is -2.23. The first-order valence-corrected chi connectivity index (χ1v) is 8.53. The Kier molecular flexibility index (Phi) is 4.78. The Morgan fingerprint density at radius 3 is 3.00 bits per heavy atom. The molecule has 1 aromatic carbocycles. The summed E-state index contributed by atoms with van der Waals surface area (Å²) in [7, 11) is 0. The van der Waals surface area contributed by atoms with Crippen LogP contribution in [0.4, 0.5) is 0 Å². The van der Waals surface area contributed by atoms with Crippen molar-refractivity contribution in [3.05, 3.63) is 52.6 Å². The Labute approximate surface area is 134 Å². The zero-order valence-electron chi connectivity index (χ0n) is 11.8. The normalized spacial score (nSPS) is 17.5. The number of nitrogens with zero attached hydrogens (tertiary/aromatic N) is 2. The number of halogens is 1. The molecule has 1 aliphatic rings. The summed E-state index contributed by atoms with van der Waals surface area (Å²) in [6.07, 6.45) is 5.15. The SMILES string of the molecule is NCC1CCc2nc(CSc3ccccc3Cl)ncc2C1. The van der Waals surface area contributed by atoms with Gasteiger partial charge in [0.25, 0.3) is 0 Å². The van der Waals surface area contributed by atoms with Crippen molar-refractivity contribution in [2.24, 2.45) is 11.7 Å². The van der Waals surface area contributed by atoms with Crippen molar-refractivity contribution in [3.63, 3.8) is 0 Å². The molecule has 0 amide bonds. The lowest BCUT2D eigenvalue weighted by molar-refractivity contribution is 0.460. The molecule has 5 heteroatoms. The molecule has 110 valence electrons. The molecule has 0 saturated heterocycles. The van der Waals surface area contributed by atoms with E-state index in [0.717, 1.165) is 47.3 Å². The van der Waals surface area contributed by atoms with Crippen LogP contribution in [0.1, 0.15) is 23.5 Å². The third-order valence-electron chi connectivity index (χ3n) is 3.83. The second kappa shape index (κ2) is 6.77. The van der Waals surface area contributed by atoms with Crippen molar-refractivity contribution in [2.45, 2.75) is 29.9 Å². The van der Waals surface area contributed by atoms with Gasteiger partial charge in [0.15, 0.2) is 0 Å². The number of thioether (sulfide) groups is 1. The van der Waals surface area contributed by atoms with E-state index in [1.165, 1.54) is 11.3 Å². The molecule has 21 heavy (non-hydrogen) atoms. The molecule has 1 heterocycles. The zero-order chi connectivity index (χ0) is 14.7. The van der Waals surface area contributed by atoms with Gasteiger partial charge in [0.2, 0.25) is 0 Å². The molecule has 1 aliphatic carbocycles. The highest BCUT2D eigenvalue weighted by atomic mass is 35.5. The van der Waals surface area contributed by atoms with Crippen molar-refractivity contribution < 1.29 is 0 Å². The molecule has 1 aromatic heterocycles. The van der Waals surface area contributed by atoms with Gasteiger partial charge in [0.05, 0.1) is 10.8 Å². The van der Waals surface area contributed by atoms with E-state index in [1.54, 1.807) is 11.8 Å². The Balaban J connectivity index is 1.69. The van der Waals surface area contributed by atoms with Crippen molar-refractivity contribution in [2.75, 3.05) is 6.54 Å². The number of fused-ring (bicyclic) bond motifs is 1. The average molecular weight is 320 g/mol. The van der Waals surface area contributed by atoms with Gasteiger partial charge in [-0.05, 0) is 49.4 Å². The summed E-state index contributed by atoms with van der Waals surface area (Å²) in [6, 6.07) is 7.87. The van der Waals surface area contributed by atoms with Crippen LogP contribution < -0.4 is 5.73 Å². The Hall–Kier alpha value is -1.10. The van der Waals surface area contributed by atoms with E-state index in [0.29, 0.717) is 5.92 Å². The molecular weight excluding hydrogens is 302 g/mol. The molecule has 2 N–H and O–H groups in total. The minimum absolute atomic E-state index is 0.587. The first kappa shape index (κ1) is 14.8. The predicted octanol–water partition coefficient (Wildman–Crippen LogP) is 3.49. The molecule has 3 nitrogen and oxygen atoms in total. The first-order chi connectivity index (χ1) is 10.3. The Morgan fingerprint density at radius 1 is 1.33 bits per heavy atom. The van der Waals surface area contributed by atoms with Crippen molar-refractivity contribution >= 4 is 23.4 Å². The van der Waals surface area contributed by atoms with Gasteiger partial charge in [0, 0.05) is 16.8 Å². The molecular formula is C16H18ClN3S. The number of nitrogens with two attached hydrogens (primary N) is 1. The summed E-state index contributed by atoms with van der Waals surface area (Å²) in [5.74, 6) is 2.21. The topological polar surface area (TPSA) is 51.8 Å². The van der Waals surface area contributed by atoms with Gasteiger partial charge < -0.3 is 5.73 Å². The maximum Gasteiger partial charge on any atom is 0.138 e. The molecule has 0 fully saturated rings. The molecule has 2 aromatic rings. The Morgan fingerprint density at radius 2 is 2.19 bits per heavy atom. The third kappa shape index (κ3) is 3.57. The van der Waals surface area contributed by atoms with Crippen molar-refractivity contribution in [3.8, 4) is 0 Å². The fourth-order valence-corrected chi connectivity index (χ4v) is 3.70. The van der Waals surface area contributed by atoms with Gasteiger partial charge in [-0.2, -0.15) is 0 Å². The van der Waals surface area contributed by atoms with Crippen LogP contribution in [0.3, 0.4) is 0 Å². The quantitative estimate of drug-likeness (QED) is 0.876. The maximum absolute atomic E-state index is 6.16. The van der Waals surface area contributed by atoms with E-state index in [2.05, 4.69) is 4.98 Å². The number of hydrogen-bond donors (Lipinski definition) is 1. The summed E-state index contributed by atoms with van der Waals surface area (Å²) < 4.78 is 0. The van der Waals surface area contributed by atoms with Crippen LogP contribution >= 0.6 is 23.4 Å². The zero-order valence-corrected chi connectivity index (χ0v) is 13.3. The maximum atomic E-state index is 6.16. The van der Waals surface area contributed by atoms with Crippen LogP contribution in [0.15, 0.2) is 35.4 Å². The van der Waals surface area contributed by atoms with Gasteiger partial charge in [-0.3, -0.25) is 0 Å². The van der Waals surface area contributed by atoms with E-state index in [9.17, 15) is 0 Å². The fourth-order valence-electron chi connectivity index (χ4n) is 2.60. The van der Waals surface area contributed by atoms with E-state index in [-0.39, 0.29) is 0 Å². The smallest absolute Gasteiger partial charge is 0.138 e. The van der Waals surface area contributed by atoms with Crippen LogP contribution in [0, 0.1) is 5.92 Å².